The van der Waals surface area contributed by atoms with E-state index in [9.17, 15) is 13.2 Å². The summed E-state index contributed by atoms with van der Waals surface area (Å²) in [7, 11) is -3.81. The number of hydrogen-bond acceptors (Lipinski definition) is 4. The number of sulfonamides is 1. The third-order valence-electron chi connectivity index (χ3n) is 2.45. The average Bonchev–Trinajstić information content (AvgIpc) is 2.80. The van der Waals surface area contributed by atoms with E-state index in [4.69, 9.17) is 5.11 Å². The Morgan fingerprint density at radius 2 is 2.24 bits per heavy atom. The molecule has 0 amide bonds. The van der Waals surface area contributed by atoms with Crippen molar-refractivity contribution in [2.45, 2.75) is 11.4 Å². The van der Waals surface area contributed by atoms with Crippen molar-refractivity contribution in [3.63, 3.8) is 0 Å². The molecule has 0 atom stereocenters. The lowest BCUT2D eigenvalue weighted by molar-refractivity contribution is 0.0692. The minimum absolute atomic E-state index is 0.250. The van der Waals surface area contributed by atoms with Gasteiger partial charge >= 0.3 is 5.97 Å². The van der Waals surface area contributed by atoms with Gasteiger partial charge in [0.05, 0.1) is 6.20 Å². The first kappa shape index (κ1) is 11.8. The Labute approximate surface area is 97.8 Å². The number of aromatic amines is 1. The van der Waals surface area contributed by atoms with Crippen molar-refractivity contribution in [3.8, 4) is 0 Å². The van der Waals surface area contributed by atoms with Crippen LogP contribution in [-0.2, 0) is 10.0 Å². The predicted molar refractivity (Wildman–Crippen MR) is 58.1 cm³/mol. The Hall–Kier alpha value is -1.67. The molecule has 1 aliphatic rings. The Morgan fingerprint density at radius 3 is 2.82 bits per heavy atom. The van der Waals surface area contributed by atoms with Crippen LogP contribution in [0.3, 0.4) is 0 Å². The van der Waals surface area contributed by atoms with Crippen molar-refractivity contribution in [2.24, 2.45) is 0 Å². The summed E-state index contributed by atoms with van der Waals surface area (Å²) in [5.74, 6) is -1.31. The molecule has 0 spiro atoms. The highest BCUT2D eigenvalue weighted by atomic mass is 32.2. The number of nitrogens with one attached hydrogen (secondary N) is 1. The number of carboxylic acids is 1. The fourth-order valence-electron chi connectivity index (χ4n) is 1.59. The number of aromatic carboxylic acids is 1. The van der Waals surface area contributed by atoms with Crippen LogP contribution in [0.15, 0.2) is 23.4 Å². The molecule has 1 aromatic rings. The molecule has 7 nitrogen and oxygen atoms in total. The number of hydrogen-bond donors (Lipinski definition) is 2. The molecule has 8 heteroatoms. The van der Waals surface area contributed by atoms with Crippen molar-refractivity contribution >= 4 is 16.0 Å². The number of carboxylic acid groups (broad SMARTS) is 1. The van der Waals surface area contributed by atoms with Crippen LogP contribution in [0.1, 0.15) is 16.8 Å². The molecular weight excluding hydrogens is 246 g/mol. The SMILES string of the molecule is O=C(O)c1cn[nH]c1S(=O)(=O)N1CC=CCC1. The van der Waals surface area contributed by atoms with Crippen LogP contribution in [0.2, 0.25) is 0 Å². The Balaban J connectivity index is 2.41. The molecule has 0 aromatic carbocycles. The minimum Gasteiger partial charge on any atom is -0.478 e. The van der Waals surface area contributed by atoms with Gasteiger partial charge in [0.15, 0.2) is 5.03 Å². The maximum absolute atomic E-state index is 12.1. The van der Waals surface area contributed by atoms with Gasteiger partial charge in [-0.05, 0) is 6.42 Å². The standard InChI is InChI=1S/C9H11N3O4S/c13-9(14)7-6-10-11-8(7)17(15,16)12-4-2-1-3-5-12/h1-2,6H,3-5H2,(H,10,11)(H,13,14). The van der Waals surface area contributed by atoms with E-state index >= 15 is 0 Å². The first-order chi connectivity index (χ1) is 8.03. The summed E-state index contributed by atoms with van der Waals surface area (Å²) >= 11 is 0. The highest BCUT2D eigenvalue weighted by molar-refractivity contribution is 7.89. The number of H-pyrrole nitrogens is 1. The van der Waals surface area contributed by atoms with Gasteiger partial charge in [-0.25, -0.2) is 13.2 Å². The van der Waals surface area contributed by atoms with Gasteiger partial charge in [-0.15, -0.1) is 0 Å². The molecule has 0 saturated carbocycles. The minimum atomic E-state index is -3.81. The predicted octanol–water partition coefficient (Wildman–Crippen LogP) is 0.0585. The summed E-state index contributed by atoms with van der Waals surface area (Å²) in [6, 6.07) is 0. The second kappa shape index (κ2) is 4.30. The quantitative estimate of drug-likeness (QED) is 0.745. The van der Waals surface area contributed by atoms with E-state index in [1.807, 2.05) is 6.08 Å². The molecule has 0 saturated heterocycles. The van der Waals surface area contributed by atoms with Gasteiger partial charge in [0.1, 0.15) is 5.56 Å². The monoisotopic (exact) mass is 257 g/mol. The van der Waals surface area contributed by atoms with Crippen LogP contribution in [-0.4, -0.2) is 47.1 Å². The van der Waals surface area contributed by atoms with Crippen molar-refractivity contribution in [1.29, 1.82) is 0 Å². The summed E-state index contributed by atoms with van der Waals surface area (Å²) in [6.07, 6.45) is 5.24. The molecule has 2 N–H and O–H groups in total. The lowest BCUT2D eigenvalue weighted by Crippen LogP contribution is -2.34. The summed E-state index contributed by atoms with van der Waals surface area (Å²) in [4.78, 5) is 10.9. The van der Waals surface area contributed by atoms with Gasteiger partial charge in [-0.3, -0.25) is 5.10 Å². The van der Waals surface area contributed by atoms with Gasteiger partial charge in [0.2, 0.25) is 0 Å². The van der Waals surface area contributed by atoms with Crippen LogP contribution in [0, 0.1) is 0 Å². The third kappa shape index (κ3) is 2.08. The molecule has 2 rings (SSSR count). The summed E-state index contributed by atoms with van der Waals surface area (Å²) in [5, 5.41) is 14.2. The first-order valence-corrected chi connectivity index (χ1v) is 6.39. The molecule has 2 heterocycles. The van der Waals surface area contributed by atoms with E-state index in [1.165, 1.54) is 4.31 Å². The molecular formula is C9H11N3O4S. The maximum Gasteiger partial charge on any atom is 0.340 e. The number of rotatable bonds is 3. The van der Waals surface area contributed by atoms with E-state index < -0.39 is 16.0 Å². The highest BCUT2D eigenvalue weighted by Gasteiger charge is 2.30. The molecule has 17 heavy (non-hydrogen) atoms. The second-order valence-electron chi connectivity index (χ2n) is 3.54. The van der Waals surface area contributed by atoms with E-state index in [1.54, 1.807) is 6.08 Å². The van der Waals surface area contributed by atoms with E-state index in [0.29, 0.717) is 13.0 Å². The molecule has 92 valence electrons. The number of aromatic nitrogens is 2. The van der Waals surface area contributed by atoms with Crippen molar-refractivity contribution in [1.82, 2.24) is 14.5 Å². The average molecular weight is 257 g/mol. The second-order valence-corrected chi connectivity index (χ2v) is 5.42. The van der Waals surface area contributed by atoms with Gasteiger partial charge in [0.25, 0.3) is 10.0 Å². The Bertz CT molecular complexity index is 561. The van der Waals surface area contributed by atoms with Gasteiger partial charge in [-0.1, -0.05) is 12.2 Å². The molecule has 0 bridgehead atoms. The topological polar surface area (TPSA) is 103 Å². The summed E-state index contributed by atoms with van der Waals surface area (Å²) in [5.41, 5.74) is -0.334. The van der Waals surface area contributed by atoms with E-state index in [2.05, 4.69) is 10.2 Å². The van der Waals surface area contributed by atoms with Crippen molar-refractivity contribution < 1.29 is 18.3 Å². The summed E-state index contributed by atoms with van der Waals surface area (Å²) in [6.45, 7) is 0.595. The smallest absolute Gasteiger partial charge is 0.340 e. The van der Waals surface area contributed by atoms with Crippen LogP contribution < -0.4 is 0 Å². The molecule has 0 fully saturated rings. The lowest BCUT2D eigenvalue weighted by atomic mass is 10.3. The van der Waals surface area contributed by atoms with Crippen LogP contribution in [0.5, 0.6) is 0 Å². The zero-order valence-corrected chi connectivity index (χ0v) is 9.64. The lowest BCUT2D eigenvalue weighted by Gasteiger charge is -2.21. The molecule has 0 radical (unpaired) electrons. The fourth-order valence-corrected chi connectivity index (χ4v) is 3.06. The third-order valence-corrected chi connectivity index (χ3v) is 4.29. The van der Waals surface area contributed by atoms with Crippen molar-refractivity contribution in [2.75, 3.05) is 13.1 Å². The van der Waals surface area contributed by atoms with Gasteiger partial charge in [-0.2, -0.15) is 9.40 Å². The van der Waals surface area contributed by atoms with Gasteiger partial charge < -0.3 is 5.11 Å². The van der Waals surface area contributed by atoms with Crippen molar-refractivity contribution in [3.05, 3.63) is 23.9 Å². The Morgan fingerprint density at radius 1 is 1.47 bits per heavy atom. The maximum atomic E-state index is 12.1. The zero-order valence-electron chi connectivity index (χ0n) is 8.83. The molecule has 0 aliphatic carbocycles. The van der Waals surface area contributed by atoms with E-state index in [0.717, 1.165) is 6.20 Å². The highest BCUT2D eigenvalue weighted by Crippen LogP contribution is 2.19. The molecule has 1 aliphatic heterocycles. The molecule has 1 aromatic heterocycles. The first-order valence-electron chi connectivity index (χ1n) is 4.95. The van der Waals surface area contributed by atoms with Crippen LogP contribution >= 0.6 is 0 Å². The largest absolute Gasteiger partial charge is 0.478 e. The Kier molecular flexibility index (Phi) is 2.99. The summed E-state index contributed by atoms with van der Waals surface area (Å²) < 4.78 is 25.5. The van der Waals surface area contributed by atoms with E-state index in [-0.39, 0.29) is 17.1 Å². The van der Waals surface area contributed by atoms with Crippen LogP contribution in [0.4, 0.5) is 0 Å². The van der Waals surface area contributed by atoms with Crippen LogP contribution in [0.25, 0.3) is 0 Å². The number of carbonyl (C=O) groups is 1. The van der Waals surface area contributed by atoms with Gasteiger partial charge in [0, 0.05) is 13.1 Å². The number of nitrogens with zero attached hydrogens (tertiary/aromatic N) is 2. The normalized spacial score (nSPS) is 17.2. The molecule has 0 unspecified atom stereocenters. The fraction of sp³-hybridized carbons (Fsp3) is 0.333. The zero-order chi connectivity index (χ0) is 12.5.